The lowest BCUT2D eigenvalue weighted by Crippen LogP contribution is -2.41. The van der Waals surface area contributed by atoms with E-state index in [4.69, 9.17) is 5.73 Å². The van der Waals surface area contributed by atoms with Gasteiger partial charge in [0.05, 0.1) is 5.75 Å². The summed E-state index contributed by atoms with van der Waals surface area (Å²) in [4.78, 5) is 0. The van der Waals surface area contributed by atoms with Gasteiger partial charge in [0.1, 0.15) is 0 Å². The molecule has 0 amide bonds. The van der Waals surface area contributed by atoms with Crippen LogP contribution in [0.4, 0.5) is 0 Å². The number of rotatable bonds is 3. The van der Waals surface area contributed by atoms with E-state index in [0.717, 1.165) is 6.42 Å². The molecule has 0 radical (unpaired) electrons. The van der Waals surface area contributed by atoms with Gasteiger partial charge in [0.15, 0.2) is 0 Å². The van der Waals surface area contributed by atoms with Crippen molar-refractivity contribution in [1.82, 2.24) is 4.31 Å². The fourth-order valence-electron chi connectivity index (χ4n) is 1.70. The van der Waals surface area contributed by atoms with Crippen LogP contribution in [0.1, 0.15) is 26.7 Å². The van der Waals surface area contributed by atoms with Crippen molar-refractivity contribution in [3.63, 3.8) is 0 Å². The summed E-state index contributed by atoms with van der Waals surface area (Å²) in [5, 5.41) is 0. The highest BCUT2D eigenvalue weighted by molar-refractivity contribution is 7.89. The summed E-state index contributed by atoms with van der Waals surface area (Å²) in [6.45, 7) is 4.34. The van der Waals surface area contributed by atoms with Crippen LogP contribution in [0.25, 0.3) is 0 Å². The van der Waals surface area contributed by atoms with Gasteiger partial charge in [-0.15, -0.1) is 0 Å². The molecule has 2 atom stereocenters. The van der Waals surface area contributed by atoms with Gasteiger partial charge in [0.25, 0.3) is 0 Å². The molecule has 2 N–H and O–H groups in total. The number of hydrogen-bond donors (Lipinski definition) is 1. The molecule has 1 rings (SSSR count). The molecule has 78 valence electrons. The minimum absolute atomic E-state index is 0.00614. The number of nitrogens with zero attached hydrogens (tertiary/aromatic N) is 1. The lowest BCUT2D eigenvalue weighted by Gasteiger charge is -2.22. The van der Waals surface area contributed by atoms with E-state index in [1.165, 1.54) is 0 Å². The monoisotopic (exact) mass is 206 g/mol. The van der Waals surface area contributed by atoms with Crippen LogP contribution in [0.3, 0.4) is 0 Å². The van der Waals surface area contributed by atoms with E-state index in [-0.39, 0.29) is 17.8 Å². The molecular formula is C8H18N2O2S. The van der Waals surface area contributed by atoms with Crippen molar-refractivity contribution in [2.75, 3.05) is 12.3 Å². The van der Waals surface area contributed by atoms with Crippen LogP contribution in [0, 0.1) is 0 Å². The predicted molar refractivity (Wildman–Crippen MR) is 52.8 cm³/mol. The summed E-state index contributed by atoms with van der Waals surface area (Å²) in [7, 11) is -3.04. The summed E-state index contributed by atoms with van der Waals surface area (Å²) in [5.41, 5.74) is 5.76. The second-order valence-electron chi connectivity index (χ2n) is 3.62. The topological polar surface area (TPSA) is 63.4 Å². The third kappa shape index (κ3) is 2.21. The molecule has 0 aromatic rings. The summed E-state index contributed by atoms with van der Waals surface area (Å²) >= 11 is 0. The lowest BCUT2D eigenvalue weighted by molar-refractivity contribution is 0.393. The maximum atomic E-state index is 11.7. The Labute approximate surface area is 80.1 Å². The summed E-state index contributed by atoms with van der Waals surface area (Å²) < 4.78 is 24.9. The van der Waals surface area contributed by atoms with E-state index in [0.29, 0.717) is 13.0 Å². The molecule has 1 saturated heterocycles. The van der Waals surface area contributed by atoms with Crippen molar-refractivity contribution in [1.29, 1.82) is 0 Å². The average molecular weight is 206 g/mol. The van der Waals surface area contributed by atoms with E-state index < -0.39 is 10.0 Å². The summed E-state index contributed by atoms with van der Waals surface area (Å²) in [6.07, 6.45) is 1.45. The van der Waals surface area contributed by atoms with Gasteiger partial charge in [-0.25, -0.2) is 8.42 Å². The molecule has 2 unspecified atom stereocenters. The summed E-state index contributed by atoms with van der Waals surface area (Å²) in [5.74, 6) is 0.240. The van der Waals surface area contributed by atoms with Crippen LogP contribution < -0.4 is 5.73 Å². The maximum Gasteiger partial charge on any atom is 0.214 e. The number of sulfonamides is 1. The Morgan fingerprint density at radius 2 is 2.15 bits per heavy atom. The Morgan fingerprint density at radius 1 is 1.54 bits per heavy atom. The molecule has 4 nitrogen and oxygen atoms in total. The molecule has 13 heavy (non-hydrogen) atoms. The second kappa shape index (κ2) is 3.94. The molecule has 0 aliphatic carbocycles. The van der Waals surface area contributed by atoms with E-state index in [2.05, 4.69) is 0 Å². The highest BCUT2D eigenvalue weighted by atomic mass is 32.2. The summed E-state index contributed by atoms with van der Waals surface area (Å²) in [6, 6.07) is -0.0248. The first-order valence-electron chi connectivity index (χ1n) is 4.74. The van der Waals surface area contributed by atoms with Gasteiger partial charge < -0.3 is 5.73 Å². The van der Waals surface area contributed by atoms with Gasteiger partial charge in [-0.05, 0) is 19.8 Å². The standard InChI is InChI=1S/C8H18N2O2S/c1-3-6-13(11,12)10-5-4-8(9)7(10)2/h7-8H,3-6,9H2,1-2H3. The van der Waals surface area contributed by atoms with Crippen molar-refractivity contribution in [3.05, 3.63) is 0 Å². The Bertz CT molecular complexity index is 263. The zero-order valence-corrected chi connectivity index (χ0v) is 9.05. The van der Waals surface area contributed by atoms with Crippen LogP contribution >= 0.6 is 0 Å². The predicted octanol–water partition coefficient (Wildman–Crippen LogP) is 0.148. The van der Waals surface area contributed by atoms with Crippen molar-refractivity contribution in [3.8, 4) is 0 Å². The fraction of sp³-hybridized carbons (Fsp3) is 1.00. The molecule has 1 aliphatic rings. The van der Waals surface area contributed by atoms with Gasteiger partial charge in [-0.3, -0.25) is 0 Å². The zero-order valence-electron chi connectivity index (χ0n) is 8.23. The van der Waals surface area contributed by atoms with Crippen LogP contribution in [-0.2, 0) is 10.0 Å². The molecule has 5 heteroatoms. The van der Waals surface area contributed by atoms with Gasteiger partial charge >= 0.3 is 0 Å². The van der Waals surface area contributed by atoms with Crippen molar-refractivity contribution >= 4 is 10.0 Å². The number of hydrogen-bond acceptors (Lipinski definition) is 3. The van der Waals surface area contributed by atoms with E-state index >= 15 is 0 Å². The highest BCUT2D eigenvalue weighted by Crippen LogP contribution is 2.20. The van der Waals surface area contributed by atoms with Crippen molar-refractivity contribution < 1.29 is 8.42 Å². The Morgan fingerprint density at radius 3 is 2.54 bits per heavy atom. The van der Waals surface area contributed by atoms with Crippen LogP contribution in [0.5, 0.6) is 0 Å². The fourth-order valence-corrected chi connectivity index (χ4v) is 3.50. The molecule has 0 bridgehead atoms. The van der Waals surface area contributed by atoms with Gasteiger partial charge in [-0.1, -0.05) is 6.92 Å². The molecule has 1 aliphatic heterocycles. The first kappa shape index (κ1) is 10.9. The van der Waals surface area contributed by atoms with Gasteiger partial charge in [0.2, 0.25) is 10.0 Å². The molecule has 0 aromatic heterocycles. The van der Waals surface area contributed by atoms with Gasteiger partial charge in [-0.2, -0.15) is 4.31 Å². The molecule has 1 fully saturated rings. The van der Waals surface area contributed by atoms with Crippen molar-refractivity contribution in [2.24, 2.45) is 5.73 Å². The first-order chi connectivity index (χ1) is 5.99. The largest absolute Gasteiger partial charge is 0.326 e. The van der Waals surface area contributed by atoms with Crippen LogP contribution in [0.15, 0.2) is 0 Å². The smallest absolute Gasteiger partial charge is 0.214 e. The van der Waals surface area contributed by atoms with Crippen LogP contribution in [0.2, 0.25) is 0 Å². The third-order valence-corrected chi connectivity index (χ3v) is 4.73. The SMILES string of the molecule is CCCS(=O)(=O)N1CCC(N)C1C. The average Bonchev–Trinajstić information content (AvgIpc) is 2.33. The van der Waals surface area contributed by atoms with E-state index in [9.17, 15) is 8.42 Å². The first-order valence-corrected chi connectivity index (χ1v) is 6.35. The third-order valence-electron chi connectivity index (χ3n) is 2.58. The Kier molecular flexibility index (Phi) is 3.32. The number of nitrogens with two attached hydrogens (primary N) is 1. The second-order valence-corrected chi connectivity index (χ2v) is 5.66. The zero-order chi connectivity index (χ0) is 10.1. The maximum absolute atomic E-state index is 11.7. The molecule has 0 saturated carbocycles. The minimum atomic E-state index is -3.04. The van der Waals surface area contributed by atoms with E-state index in [1.54, 1.807) is 4.31 Å². The normalized spacial score (nSPS) is 31.0. The minimum Gasteiger partial charge on any atom is -0.326 e. The molecule has 1 heterocycles. The lowest BCUT2D eigenvalue weighted by atomic mass is 10.2. The van der Waals surface area contributed by atoms with E-state index in [1.807, 2.05) is 13.8 Å². The molecular weight excluding hydrogens is 188 g/mol. The van der Waals surface area contributed by atoms with Crippen LogP contribution in [-0.4, -0.2) is 37.1 Å². The van der Waals surface area contributed by atoms with Gasteiger partial charge in [0, 0.05) is 18.6 Å². The van der Waals surface area contributed by atoms with Crippen molar-refractivity contribution in [2.45, 2.75) is 38.8 Å². The highest BCUT2D eigenvalue weighted by Gasteiger charge is 2.35. The Hall–Kier alpha value is -0.130. The molecule has 0 spiro atoms. The molecule has 0 aromatic carbocycles. The quantitative estimate of drug-likeness (QED) is 0.715. The Balaban J connectivity index is 2.73.